The van der Waals surface area contributed by atoms with Gasteiger partial charge in [-0.2, -0.15) is 0 Å². The van der Waals surface area contributed by atoms with Gasteiger partial charge in [-0.3, -0.25) is 0 Å². The largest absolute Gasteiger partial charge is 0.479 e. The highest BCUT2D eigenvalue weighted by molar-refractivity contribution is 5.63. The second kappa shape index (κ2) is 6.08. The van der Waals surface area contributed by atoms with Crippen LogP contribution in [0.2, 0.25) is 0 Å². The Kier molecular flexibility index (Phi) is 4.22. The molecular weight excluding hydrogens is 242 g/mol. The molecule has 2 aromatic heterocycles. The maximum absolute atomic E-state index is 5.21. The molecule has 0 aromatic carbocycles. The Morgan fingerprint density at radius 2 is 2.00 bits per heavy atom. The molecule has 6 nitrogen and oxygen atoms in total. The lowest BCUT2D eigenvalue weighted by Crippen LogP contribution is -2.05. The molecule has 2 aromatic rings. The molecule has 0 aliphatic rings. The summed E-state index contributed by atoms with van der Waals surface area (Å²) >= 11 is 0. The van der Waals surface area contributed by atoms with Gasteiger partial charge >= 0.3 is 0 Å². The number of rotatable bonds is 5. The Balaban J connectivity index is 2.41. The number of nitrogens with one attached hydrogen (secondary N) is 1. The molecule has 100 valence electrons. The Morgan fingerprint density at radius 3 is 2.74 bits per heavy atom. The molecule has 0 saturated heterocycles. The number of hydrogen-bond donors (Lipinski definition) is 1. The van der Waals surface area contributed by atoms with Crippen LogP contribution in [-0.4, -0.2) is 33.6 Å². The smallest absolute Gasteiger partial charge is 0.241 e. The third kappa shape index (κ3) is 3.15. The maximum Gasteiger partial charge on any atom is 0.241 e. The molecule has 0 spiro atoms. The summed E-state index contributed by atoms with van der Waals surface area (Å²) in [6, 6.07) is 1.86. The summed E-state index contributed by atoms with van der Waals surface area (Å²) in [6.45, 7) is 4.82. The van der Waals surface area contributed by atoms with Gasteiger partial charge in [-0.1, -0.05) is 6.92 Å². The minimum absolute atomic E-state index is 0.460. The SMILES string of the molecule is CCCNc1cc(-c2nccnc2OC)nc(C)n1. The fourth-order valence-corrected chi connectivity index (χ4v) is 1.68. The van der Waals surface area contributed by atoms with Gasteiger partial charge in [-0.05, 0) is 13.3 Å². The van der Waals surface area contributed by atoms with Gasteiger partial charge in [0.25, 0.3) is 0 Å². The van der Waals surface area contributed by atoms with E-state index in [-0.39, 0.29) is 0 Å². The predicted molar refractivity (Wildman–Crippen MR) is 73.1 cm³/mol. The van der Waals surface area contributed by atoms with E-state index in [4.69, 9.17) is 4.74 Å². The van der Waals surface area contributed by atoms with E-state index in [0.717, 1.165) is 18.8 Å². The van der Waals surface area contributed by atoms with Crippen LogP contribution in [0.25, 0.3) is 11.4 Å². The van der Waals surface area contributed by atoms with Gasteiger partial charge < -0.3 is 10.1 Å². The van der Waals surface area contributed by atoms with Gasteiger partial charge in [0, 0.05) is 25.0 Å². The third-order valence-corrected chi connectivity index (χ3v) is 2.49. The molecule has 0 saturated carbocycles. The summed E-state index contributed by atoms with van der Waals surface area (Å²) in [5.74, 6) is 1.93. The van der Waals surface area contributed by atoms with Gasteiger partial charge in [-0.15, -0.1) is 0 Å². The quantitative estimate of drug-likeness (QED) is 0.886. The Bertz CT molecular complexity index is 558. The molecule has 0 radical (unpaired) electrons. The van der Waals surface area contributed by atoms with Gasteiger partial charge in [0.15, 0.2) is 5.69 Å². The van der Waals surface area contributed by atoms with E-state index < -0.39 is 0 Å². The zero-order valence-electron chi connectivity index (χ0n) is 11.3. The van der Waals surface area contributed by atoms with Crippen molar-refractivity contribution in [3.05, 3.63) is 24.3 Å². The Hall–Kier alpha value is -2.24. The average molecular weight is 259 g/mol. The number of methoxy groups -OCH3 is 1. The van der Waals surface area contributed by atoms with E-state index in [1.807, 2.05) is 13.0 Å². The van der Waals surface area contributed by atoms with E-state index in [1.54, 1.807) is 19.5 Å². The minimum atomic E-state index is 0.460. The first-order valence-electron chi connectivity index (χ1n) is 6.19. The van der Waals surface area contributed by atoms with Crippen LogP contribution in [-0.2, 0) is 0 Å². The molecule has 0 amide bonds. The van der Waals surface area contributed by atoms with Crippen LogP contribution >= 0.6 is 0 Å². The van der Waals surface area contributed by atoms with Crippen molar-refractivity contribution in [1.82, 2.24) is 19.9 Å². The van der Waals surface area contributed by atoms with Crippen LogP contribution in [0, 0.1) is 6.92 Å². The van der Waals surface area contributed by atoms with Crippen molar-refractivity contribution in [3.63, 3.8) is 0 Å². The Morgan fingerprint density at radius 1 is 1.21 bits per heavy atom. The molecule has 2 heterocycles. The normalized spacial score (nSPS) is 10.3. The topological polar surface area (TPSA) is 72.8 Å². The summed E-state index contributed by atoms with van der Waals surface area (Å²) in [7, 11) is 1.57. The van der Waals surface area contributed by atoms with Crippen molar-refractivity contribution in [2.24, 2.45) is 0 Å². The van der Waals surface area contributed by atoms with Gasteiger partial charge in [0.1, 0.15) is 17.3 Å². The van der Waals surface area contributed by atoms with Gasteiger partial charge in [0.2, 0.25) is 5.88 Å². The lowest BCUT2D eigenvalue weighted by Gasteiger charge is -2.09. The Labute approximate surface area is 112 Å². The number of aromatic nitrogens is 4. The minimum Gasteiger partial charge on any atom is -0.479 e. The fraction of sp³-hybridized carbons (Fsp3) is 0.385. The standard InChI is InChI=1S/C13H17N5O/c1-4-5-14-11-8-10(17-9(2)18-11)12-13(19-3)16-7-6-15-12/h6-8H,4-5H2,1-3H3,(H,14,17,18). The molecule has 0 fully saturated rings. The van der Waals surface area contributed by atoms with E-state index in [0.29, 0.717) is 23.1 Å². The van der Waals surface area contributed by atoms with Crippen LogP contribution in [0.4, 0.5) is 5.82 Å². The maximum atomic E-state index is 5.21. The molecule has 0 bridgehead atoms. The van der Waals surface area contributed by atoms with Crippen LogP contribution in [0.3, 0.4) is 0 Å². The first kappa shape index (κ1) is 13.2. The molecule has 6 heteroatoms. The summed E-state index contributed by atoms with van der Waals surface area (Å²) in [5.41, 5.74) is 1.33. The van der Waals surface area contributed by atoms with Crippen molar-refractivity contribution < 1.29 is 4.74 Å². The molecule has 0 atom stereocenters. The third-order valence-electron chi connectivity index (χ3n) is 2.49. The van der Waals surface area contributed by atoms with E-state index in [2.05, 4.69) is 32.2 Å². The predicted octanol–water partition coefficient (Wildman–Crippen LogP) is 2.07. The summed E-state index contributed by atoms with van der Waals surface area (Å²) in [6.07, 6.45) is 4.24. The second-order valence-corrected chi connectivity index (χ2v) is 4.03. The van der Waals surface area contributed by atoms with Crippen LogP contribution in [0.15, 0.2) is 18.5 Å². The first-order chi connectivity index (χ1) is 9.24. The van der Waals surface area contributed by atoms with Crippen LogP contribution in [0.1, 0.15) is 19.2 Å². The number of hydrogen-bond acceptors (Lipinski definition) is 6. The van der Waals surface area contributed by atoms with Gasteiger partial charge in [-0.25, -0.2) is 19.9 Å². The summed E-state index contributed by atoms with van der Waals surface area (Å²) < 4.78 is 5.21. The highest BCUT2D eigenvalue weighted by atomic mass is 16.5. The summed E-state index contributed by atoms with van der Waals surface area (Å²) in [4.78, 5) is 17.1. The van der Waals surface area contributed by atoms with Crippen LogP contribution < -0.4 is 10.1 Å². The van der Waals surface area contributed by atoms with Crippen molar-refractivity contribution in [3.8, 4) is 17.3 Å². The summed E-state index contributed by atoms with van der Waals surface area (Å²) in [5, 5.41) is 3.24. The number of ether oxygens (including phenoxy) is 1. The average Bonchev–Trinajstić information content (AvgIpc) is 2.44. The lowest BCUT2D eigenvalue weighted by atomic mass is 10.3. The zero-order valence-corrected chi connectivity index (χ0v) is 11.3. The number of anilines is 1. The monoisotopic (exact) mass is 259 g/mol. The van der Waals surface area contributed by atoms with E-state index in [1.165, 1.54) is 0 Å². The number of aryl methyl sites for hydroxylation is 1. The highest BCUT2D eigenvalue weighted by Crippen LogP contribution is 2.24. The molecule has 0 aliphatic carbocycles. The zero-order chi connectivity index (χ0) is 13.7. The molecule has 0 unspecified atom stereocenters. The van der Waals surface area contributed by atoms with E-state index in [9.17, 15) is 0 Å². The fourth-order valence-electron chi connectivity index (χ4n) is 1.68. The second-order valence-electron chi connectivity index (χ2n) is 4.03. The van der Waals surface area contributed by atoms with Crippen molar-refractivity contribution >= 4 is 5.82 Å². The van der Waals surface area contributed by atoms with Crippen molar-refractivity contribution in [1.29, 1.82) is 0 Å². The van der Waals surface area contributed by atoms with Crippen molar-refractivity contribution in [2.75, 3.05) is 19.0 Å². The highest BCUT2D eigenvalue weighted by Gasteiger charge is 2.11. The molecule has 2 rings (SSSR count). The molecule has 1 N–H and O–H groups in total. The molecular formula is C13H17N5O. The van der Waals surface area contributed by atoms with Crippen molar-refractivity contribution in [2.45, 2.75) is 20.3 Å². The number of nitrogens with zero attached hydrogens (tertiary/aromatic N) is 4. The van der Waals surface area contributed by atoms with Crippen LogP contribution in [0.5, 0.6) is 5.88 Å². The molecule has 19 heavy (non-hydrogen) atoms. The molecule has 0 aliphatic heterocycles. The van der Waals surface area contributed by atoms with Gasteiger partial charge in [0.05, 0.1) is 7.11 Å². The van der Waals surface area contributed by atoms with E-state index >= 15 is 0 Å². The lowest BCUT2D eigenvalue weighted by molar-refractivity contribution is 0.397. The first-order valence-corrected chi connectivity index (χ1v) is 6.19.